The van der Waals surface area contributed by atoms with Crippen LogP contribution in [0.15, 0.2) is 78.4 Å². The molecule has 1 saturated heterocycles. The molecule has 3 aromatic rings. The zero-order chi connectivity index (χ0) is 24.4. The van der Waals surface area contributed by atoms with Gasteiger partial charge in [0.25, 0.3) is 11.7 Å². The Hall–Kier alpha value is -4.10. The highest BCUT2D eigenvalue weighted by molar-refractivity contribution is 6.51. The number of nitrogens with zero attached hydrogens (tertiary/aromatic N) is 1. The SMILES string of the molecule is COc1ccc(C2C(=C(O)c3ccc(Cl)cc3)C(=O)C(=O)N2c2ccc(NC(C)=O)cc2)cc1. The summed E-state index contributed by atoms with van der Waals surface area (Å²) in [5.74, 6) is -1.50. The number of Topliss-reactive ketones (excluding diaryl/α,β-unsaturated/α-hetero) is 1. The van der Waals surface area contributed by atoms with Gasteiger partial charge in [-0.15, -0.1) is 0 Å². The second kappa shape index (κ2) is 9.41. The highest BCUT2D eigenvalue weighted by Gasteiger charge is 2.47. The second-order valence-electron chi connectivity index (χ2n) is 7.68. The number of hydrogen-bond donors (Lipinski definition) is 2. The molecule has 172 valence electrons. The number of ketones is 1. The van der Waals surface area contributed by atoms with Gasteiger partial charge in [-0.2, -0.15) is 0 Å². The highest BCUT2D eigenvalue weighted by Crippen LogP contribution is 2.42. The lowest BCUT2D eigenvalue weighted by atomic mass is 9.95. The number of aliphatic hydroxyl groups is 1. The summed E-state index contributed by atoms with van der Waals surface area (Å²) in [6.07, 6.45) is 0. The molecule has 8 heteroatoms. The summed E-state index contributed by atoms with van der Waals surface area (Å²) in [5.41, 5.74) is 1.92. The van der Waals surface area contributed by atoms with Crippen molar-refractivity contribution in [1.82, 2.24) is 0 Å². The Kier molecular flexibility index (Phi) is 6.38. The lowest BCUT2D eigenvalue weighted by molar-refractivity contribution is -0.132. The van der Waals surface area contributed by atoms with Gasteiger partial charge >= 0.3 is 0 Å². The van der Waals surface area contributed by atoms with E-state index >= 15 is 0 Å². The molecule has 3 aromatic carbocycles. The van der Waals surface area contributed by atoms with Gasteiger partial charge in [-0.3, -0.25) is 19.3 Å². The van der Waals surface area contributed by atoms with Gasteiger partial charge in [0.15, 0.2) is 0 Å². The molecule has 34 heavy (non-hydrogen) atoms. The minimum Gasteiger partial charge on any atom is -0.507 e. The Bertz CT molecular complexity index is 1280. The number of rotatable bonds is 5. The lowest BCUT2D eigenvalue weighted by Crippen LogP contribution is -2.29. The minimum atomic E-state index is -0.881. The molecular formula is C26H21ClN2O5. The van der Waals surface area contributed by atoms with Crippen LogP contribution in [0.5, 0.6) is 5.75 Å². The Balaban J connectivity index is 1.86. The monoisotopic (exact) mass is 476 g/mol. The molecule has 2 amide bonds. The van der Waals surface area contributed by atoms with E-state index in [1.54, 1.807) is 72.8 Å². The maximum Gasteiger partial charge on any atom is 0.300 e. The van der Waals surface area contributed by atoms with E-state index in [-0.39, 0.29) is 17.2 Å². The topological polar surface area (TPSA) is 95.9 Å². The summed E-state index contributed by atoms with van der Waals surface area (Å²) in [7, 11) is 1.54. The maximum atomic E-state index is 13.2. The van der Waals surface area contributed by atoms with Crippen LogP contribution >= 0.6 is 11.6 Å². The van der Waals surface area contributed by atoms with Gasteiger partial charge in [0.1, 0.15) is 11.5 Å². The molecular weight excluding hydrogens is 456 g/mol. The molecule has 1 aliphatic rings. The van der Waals surface area contributed by atoms with E-state index in [1.165, 1.54) is 18.9 Å². The lowest BCUT2D eigenvalue weighted by Gasteiger charge is -2.25. The minimum absolute atomic E-state index is 0.0385. The van der Waals surface area contributed by atoms with Crippen molar-refractivity contribution in [2.45, 2.75) is 13.0 Å². The van der Waals surface area contributed by atoms with Crippen molar-refractivity contribution in [1.29, 1.82) is 0 Å². The number of benzene rings is 3. The highest BCUT2D eigenvalue weighted by atomic mass is 35.5. The van der Waals surface area contributed by atoms with Crippen molar-refractivity contribution in [3.63, 3.8) is 0 Å². The normalized spacial score (nSPS) is 17.0. The summed E-state index contributed by atoms with van der Waals surface area (Å²) in [4.78, 5) is 39.0. The molecule has 1 aliphatic heterocycles. The molecule has 2 N–H and O–H groups in total. The van der Waals surface area contributed by atoms with Gasteiger partial charge in [-0.25, -0.2) is 0 Å². The summed E-state index contributed by atoms with van der Waals surface area (Å²) in [5, 5.41) is 14.2. The predicted molar refractivity (Wildman–Crippen MR) is 130 cm³/mol. The Morgan fingerprint density at radius 3 is 2.15 bits per heavy atom. The number of nitrogens with one attached hydrogen (secondary N) is 1. The van der Waals surface area contributed by atoms with E-state index in [2.05, 4.69) is 5.32 Å². The molecule has 0 spiro atoms. The van der Waals surface area contributed by atoms with Crippen molar-refractivity contribution in [3.8, 4) is 5.75 Å². The Morgan fingerprint density at radius 2 is 1.59 bits per heavy atom. The number of halogens is 1. The Labute approximate surface area is 201 Å². The standard InChI is InChI=1S/C26H21ClN2O5/c1-15(30)28-19-9-11-20(12-10-19)29-23(16-5-13-21(34-2)14-6-16)22(25(32)26(29)33)24(31)17-3-7-18(27)8-4-17/h3-14,23,31H,1-2H3,(H,28,30). The summed E-state index contributed by atoms with van der Waals surface area (Å²) in [6.45, 7) is 1.40. The van der Waals surface area contributed by atoms with Crippen molar-refractivity contribution < 1.29 is 24.2 Å². The van der Waals surface area contributed by atoms with Gasteiger partial charge in [0.05, 0.1) is 18.7 Å². The molecule has 0 aromatic heterocycles. The number of amides is 2. The fourth-order valence-electron chi connectivity index (χ4n) is 3.87. The summed E-state index contributed by atoms with van der Waals surface area (Å²) >= 11 is 5.96. The molecule has 0 radical (unpaired) electrons. The van der Waals surface area contributed by atoms with Gasteiger partial charge in [0, 0.05) is 28.9 Å². The van der Waals surface area contributed by atoms with Crippen LogP contribution in [0.4, 0.5) is 11.4 Å². The fourth-order valence-corrected chi connectivity index (χ4v) is 4.00. The summed E-state index contributed by atoms with van der Waals surface area (Å²) < 4.78 is 5.23. The summed E-state index contributed by atoms with van der Waals surface area (Å²) in [6, 6.07) is 18.9. The molecule has 0 bridgehead atoms. The van der Waals surface area contributed by atoms with Crippen LogP contribution in [-0.2, 0) is 14.4 Å². The molecule has 1 unspecified atom stereocenters. The van der Waals surface area contributed by atoms with Crippen molar-refractivity contribution in [3.05, 3.63) is 94.5 Å². The zero-order valence-electron chi connectivity index (χ0n) is 18.4. The van der Waals surface area contributed by atoms with E-state index in [0.29, 0.717) is 33.3 Å². The van der Waals surface area contributed by atoms with E-state index in [9.17, 15) is 19.5 Å². The first-order chi connectivity index (χ1) is 16.3. The van der Waals surface area contributed by atoms with Crippen LogP contribution in [0, 0.1) is 0 Å². The number of carbonyl (C=O) groups excluding carboxylic acids is 3. The third-order valence-corrected chi connectivity index (χ3v) is 5.71. The van der Waals surface area contributed by atoms with Crippen LogP contribution in [-0.4, -0.2) is 29.8 Å². The number of anilines is 2. The maximum absolute atomic E-state index is 13.2. The largest absolute Gasteiger partial charge is 0.507 e. The molecule has 1 heterocycles. The van der Waals surface area contributed by atoms with Crippen molar-refractivity contribution in [2.75, 3.05) is 17.3 Å². The number of carbonyl (C=O) groups is 3. The number of ether oxygens (including phenoxy) is 1. The van der Waals surface area contributed by atoms with E-state index in [1.807, 2.05) is 0 Å². The average molecular weight is 477 g/mol. The van der Waals surface area contributed by atoms with Crippen LogP contribution in [0.25, 0.3) is 5.76 Å². The third-order valence-electron chi connectivity index (χ3n) is 5.46. The average Bonchev–Trinajstić information content (AvgIpc) is 3.10. The van der Waals surface area contributed by atoms with Gasteiger partial charge in [-0.1, -0.05) is 23.7 Å². The fraction of sp³-hybridized carbons (Fsp3) is 0.115. The second-order valence-corrected chi connectivity index (χ2v) is 8.11. The van der Waals surface area contributed by atoms with E-state index in [4.69, 9.17) is 16.3 Å². The van der Waals surface area contributed by atoms with Gasteiger partial charge < -0.3 is 15.2 Å². The van der Waals surface area contributed by atoms with Gasteiger partial charge in [-0.05, 0) is 66.2 Å². The molecule has 0 aliphatic carbocycles. The first-order valence-corrected chi connectivity index (χ1v) is 10.8. The predicted octanol–water partition coefficient (Wildman–Crippen LogP) is 4.93. The number of hydrogen-bond acceptors (Lipinski definition) is 5. The smallest absolute Gasteiger partial charge is 0.300 e. The van der Waals surface area contributed by atoms with Crippen molar-refractivity contribution >= 4 is 46.3 Å². The number of aliphatic hydroxyl groups excluding tert-OH is 1. The Morgan fingerprint density at radius 1 is 0.971 bits per heavy atom. The first kappa shape index (κ1) is 23.1. The van der Waals surface area contributed by atoms with Crippen molar-refractivity contribution in [2.24, 2.45) is 0 Å². The molecule has 1 atom stereocenters. The van der Waals surface area contributed by atoms with Crippen LogP contribution in [0.3, 0.4) is 0 Å². The van der Waals surface area contributed by atoms with Gasteiger partial charge in [0.2, 0.25) is 5.91 Å². The quantitative estimate of drug-likeness (QED) is 0.309. The zero-order valence-corrected chi connectivity index (χ0v) is 19.2. The molecule has 4 rings (SSSR count). The van der Waals surface area contributed by atoms with Crippen LogP contribution < -0.4 is 15.0 Å². The van der Waals surface area contributed by atoms with E-state index < -0.39 is 17.7 Å². The molecule has 1 fully saturated rings. The van der Waals surface area contributed by atoms with E-state index in [0.717, 1.165) is 0 Å². The van der Waals surface area contributed by atoms with Crippen LogP contribution in [0.2, 0.25) is 5.02 Å². The van der Waals surface area contributed by atoms with Crippen LogP contribution in [0.1, 0.15) is 24.1 Å². The number of methoxy groups -OCH3 is 1. The molecule has 7 nitrogen and oxygen atoms in total. The molecule has 0 saturated carbocycles. The first-order valence-electron chi connectivity index (χ1n) is 10.4. The third kappa shape index (κ3) is 4.38.